The third-order valence-corrected chi connectivity index (χ3v) is 7.49. The van der Waals surface area contributed by atoms with Gasteiger partial charge in [0.1, 0.15) is 5.52 Å². The minimum atomic E-state index is -4.99. The Hall–Kier alpha value is -3.72. The summed E-state index contributed by atoms with van der Waals surface area (Å²) in [4.78, 5) is 31.4. The van der Waals surface area contributed by atoms with Crippen LogP contribution < -0.4 is 5.32 Å². The Kier molecular flexibility index (Phi) is 7.92. The molecular formula is C26H27F6N7O2. The maximum Gasteiger partial charge on any atom is 0.416 e. The molecule has 15 heteroatoms. The summed E-state index contributed by atoms with van der Waals surface area (Å²) in [6, 6.07) is 6.50. The summed E-state index contributed by atoms with van der Waals surface area (Å²) >= 11 is 0. The molecule has 0 spiro atoms. The van der Waals surface area contributed by atoms with Crippen LogP contribution in [0.5, 0.6) is 0 Å². The Balaban J connectivity index is 1.09. The van der Waals surface area contributed by atoms with Crippen molar-refractivity contribution in [3.8, 4) is 0 Å². The van der Waals surface area contributed by atoms with Gasteiger partial charge in [0.2, 0.25) is 5.91 Å². The van der Waals surface area contributed by atoms with Crippen LogP contribution in [0.4, 0.5) is 32.0 Å². The Bertz CT molecular complexity index is 1380. The van der Waals surface area contributed by atoms with Crippen molar-refractivity contribution in [2.75, 3.05) is 51.1 Å². The highest BCUT2D eigenvalue weighted by Crippen LogP contribution is 2.37. The number of carbonyl (C=O) groups is 2. The number of rotatable bonds is 5. The van der Waals surface area contributed by atoms with E-state index in [9.17, 15) is 35.9 Å². The molecule has 0 atom stereocenters. The SMILES string of the molecule is O=C(CN1CCN(C2CCN(C(=O)c3ccc4[nH]nnc4c3)CC2)CC1)Nc1cc(C(F)(F)F)cc(C(F)(F)F)c1. The number of nitrogens with one attached hydrogen (secondary N) is 2. The van der Waals surface area contributed by atoms with Gasteiger partial charge in [-0.1, -0.05) is 5.21 Å². The topological polar surface area (TPSA) is 97.5 Å². The van der Waals surface area contributed by atoms with Crippen molar-refractivity contribution in [3.05, 3.63) is 53.1 Å². The van der Waals surface area contributed by atoms with Crippen LogP contribution in [0.3, 0.4) is 0 Å². The number of fused-ring (bicyclic) bond motifs is 1. The Morgan fingerprint density at radius 1 is 0.878 bits per heavy atom. The summed E-state index contributed by atoms with van der Waals surface area (Å²) in [6.45, 7) is 3.36. The molecule has 220 valence electrons. The van der Waals surface area contributed by atoms with Gasteiger partial charge in [-0.3, -0.25) is 24.5 Å². The largest absolute Gasteiger partial charge is 0.416 e. The number of carbonyl (C=O) groups excluding carboxylic acids is 2. The zero-order valence-electron chi connectivity index (χ0n) is 21.7. The Morgan fingerprint density at radius 2 is 1.51 bits per heavy atom. The quantitative estimate of drug-likeness (QED) is 0.443. The fraction of sp³-hybridized carbons (Fsp3) is 0.462. The third kappa shape index (κ3) is 6.78. The molecule has 2 fully saturated rings. The number of hydrogen-bond donors (Lipinski definition) is 2. The summed E-state index contributed by atoms with van der Waals surface area (Å²) in [5.74, 6) is -0.756. The highest BCUT2D eigenvalue weighted by atomic mass is 19.4. The van der Waals surface area contributed by atoms with Gasteiger partial charge in [-0.25, -0.2) is 0 Å². The van der Waals surface area contributed by atoms with Gasteiger partial charge < -0.3 is 10.2 Å². The van der Waals surface area contributed by atoms with E-state index in [1.54, 1.807) is 18.2 Å². The zero-order chi connectivity index (χ0) is 29.4. The molecule has 9 nitrogen and oxygen atoms in total. The van der Waals surface area contributed by atoms with E-state index in [0.717, 1.165) is 18.4 Å². The van der Waals surface area contributed by atoms with E-state index in [4.69, 9.17) is 0 Å². The normalized spacial score (nSPS) is 18.1. The number of aromatic amines is 1. The number of aromatic nitrogens is 3. The molecule has 0 aliphatic carbocycles. The summed E-state index contributed by atoms with van der Waals surface area (Å²) in [5.41, 5.74) is -1.60. The van der Waals surface area contributed by atoms with Crippen LogP contribution in [-0.2, 0) is 17.1 Å². The third-order valence-electron chi connectivity index (χ3n) is 7.49. The van der Waals surface area contributed by atoms with Crippen LogP contribution in [-0.4, -0.2) is 93.8 Å². The second-order valence-electron chi connectivity index (χ2n) is 10.2. The lowest BCUT2D eigenvalue weighted by Gasteiger charge is -2.42. The fourth-order valence-electron chi connectivity index (χ4n) is 5.31. The maximum absolute atomic E-state index is 13.1. The molecule has 3 aromatic rings. The molecule has 2 aromatic carbocycles. The summed E-state index contributed by atoms with van der Waals surface area (Å²) in [6.07, 6.45) is -8.41. The second kappa shape index (κ2) is 11.3. The summed E-state index contributed by atoms with van der Waals surface area (Å²) in [5, 5.41) is 12.6. The number of amides is 2. The van der Waals surface area contributed by atoms with E-state index in [1.807, 2.05) is 9.80 Å². The van der Waals surface area contributed by atoms with Crippen LogP contribution in [0.25, 0.3) is 11.0 Å². The van der Waals surface area contributed by atoms with Crippen LogP contribution in [0.1, 0.15) is 34.3 Å². The first-order chi connectivity index (χ1) is 19.4. The minimum Gasteiger partial charge on any atom is -0.339 e. The van der Waals surface area contributed by atoms with Gasteiger partial charge in [-0.05, 0) is 49.2 Å². The first-order valence-corrected chi connectivity index (χ1v) is 13.0. The van der Waals surface area contributed by atoms with E-state index in [2.05, 4.69) is 25.6 Å². The van der Waals surface area contributed by atoms with Gasteiger partial charge in [0.05, 0.1) is 23.2 Å². The number of nitrogens with zero attached hydrogens (tertiary/aromatic N) is 5. The number of piperidine rings is 1. The standard InChI is InChI=1S/C26H27F6N7O2/c27-25(28,29)17-12-18(26(30,31)32)14-19(13-17)33-23(40)15-37-7-9-38(10-8-37)20-3-5-39(6-4-20)24(41)16-1-2-21-22(11-16)35-36-34-21/h1-2,11-14,20H,3-10,15H2,(H,33,40)(H,34,35,36). The van der Waals surface area contributed by atoms with Crippen molar-refractivity contribution >= 4 is 28.5 Å². The molecule has 2 saturated heterocycles. The highest BCUT2D eigenvalue weighted by molar-refractivity contribution is 5.97. The average molecular weight is 584 g/mol. The fourth-order valence-corrected chi connectivity index (χ4v) is 5.31. The van der Waals surface area contributed by atoms with Gasteiger partial charge in [-0.15, -0.1) is 5.10 Å². The molecule has 0 saturated carbocycles. The lowest BCUT2D eigenvalue weighted by molar-refractivity contribution is -0.143. The van der Waals surface area contributed by atoms with Crippen molar-refractivity contribution < 1.29 is 35.9 Å². The first-order valence-electron chi connectivity index (χ1n) is 13.0. The number of piperazine rings is 1. The lowest BCUT2D eigenvalue weighted by atomic mass is 10.0. The Morgan fingerprint density at radius 3 is 2.12 bits per heavy atom. The average Bonchev–Trinajstić information content (AvgIpc) is 3.40. The van der Waals surface area contributed by atoms with Crippen molar-refractivity contribution in [1.82, 2.24) is 30.1 Å². The van der Waals surface area contributed by atoms with Gasteiger partial charge in [0, 0.05) is 56.6 Å². The second-order valence-corrected chi connectivity index (χ2v) is 10.2. The maximum atomic E-state index is 13.1. The molecule has 2 aliphatic rings. The van der Waals surface area contributed by atoms with Gasteiger partial charge in [-0.2, -0.15) is 26.3 Å². The van der Waals surface area contributed by atoms with Crippen molar-refractivity contribution in [1.29, 1.82) is 0 Å². The van der Waals surface area contributed by atoms with Crippen molar-refractivity contribution in [3.63, 3.8) is 0 Å². The Labute approximate surface area is 230 Å². The van der Waals surface area contributed by atoms with Crippen LogP contribution in [0.15, 0.2) is 36.4 Å². The molecule has 5 rings (SSSR count). The summed E-state index contributed by atoms with van der Waals surface area (Å²) in [7, 11) is 0. The van der Waals surface area contributed by atoms with Crippen LogP contribution in [0, 0.1) is 0 Å². The smallest absolute Gasteiger partial charge is 0.339 e. The molecule has 1 aromatic heterocycles. The first kappa shape index (κ1) is 28.8. The lowest BCUT2D eigenvalue weighted by Crippen LogP contribution is -2.54. The minimum absolute atomic E-state index is 0.0206. The number of alkyl halides is 6. The number of anilines is 1. The van der Waals surface area contributed by atoms with E-state index < -0.39 is 35.1 Å². The molecule has 0 unspecified atom stereocenters. The van der Waals surface area contributed by atoms with Gasteiger partial charge >= 0.3 is 12.4 Å². The molecular weight excluding hydrogens is 556 g/mol. The molecule has 2 N–H and O–H groups in total. The molecule has 0 bridgehead atoms. The zero-order valence-corrected chi connectivity index (χ0v) is 21.7. The van der Waals surface area contributed by atoms with Crippen LogP contribution >= 0.6 is 0 Å². The molecule has 0 radical (unpaired) electrons. The number of hydrogen-bond acceptors (Lipinski definition) is 6. The molecule has 2 aliphatic heterocycles. The van der Waals surface area contributed by atoms with Gasteiger partial charge in [0.25, 0.3) is 5.91 Å². The van der Waals surface area contributed by atoms with Crippen molar-refractivity contribution in [2.24, 2.45) is 0 Å². The highest BCUT2D eigenvalue weighted by Gasteiger charge is 2.37. The summed E-state index contributed by atoms with van der Waals surface area (Å²) < 4.78 is 78.6. The molecule has 3 heterocycles. The number of H-pyrrole nitrogens is 1. The number of halogens is 6. The number of benzene rings is 2. The molecule has 2 amide bonds. The van der Waals surface area contributed by atoms with Crippen molar-refractivity contribution in [2.45, 2.75) is 31.2 Å². The van der Waals surface area contributed by atoms with E-state index in [-0.39, 0.29) is 24.6 Å². The number of likely N-dealkylation sites (tertiary alicyclic amines) is 1. The monoisotopic (exact) mass is 583 g/mol. The van der Waals surface area contributed by atoms with E-state index >= 15 is 0 Å². The predicted molar refractivity (Wildman–Crippen MR) is 136 cm³/mol. The molecule has 41 heavy (non-hydrogen) atoms. The van der Waals surface area contributed by atoms with E-state index in [0.29, 0.717) is 62.5 Å². The van der Waals surface area contributed by atoms with E-state index in [1.165, 1.54) is 0 Å². The van der Waals surface area contributed by atoms with Crippen LogP contribution in [0.2, 0.25) is 0 Å². The predicted octanol–water partition coefficient (Wildman–Crippen LogP) is 3.86. The van der Waals surface area contributed by atoms with Gasteiger partial charge in [0.15, 0.2) is 0 Å².